The van der Waals surface area contributed by atoms with Crippen LogP contribution in [0.15, 0.2) is 35.5 Å². The normalized spacial score (nSPS) is 17.6. The van der Waals surface area contributed by atoms with Crippen molar-refractivity contribution in [3.8, 4) is 5.75 Å². The van der Waals surface area contributed by atoms with Gasteiger partial charge < -0.3 is 20.1 Å². The van der Waals surface area contributed by atoms with E-state index in [2.05, 4.69) is 10.6 Å². The maximum atomic E-state index is 12.3. The molecule has 0 amide bonds. The van der Waals surface area contributed by atoms with Crippen molar-refractivity contribution in [2.45, 2.75) is 26.8 Å². The molecule has 1 heterocycles. The maximum Gasteiger partial charge on any atom is 0.338 e. The average Bonchev–Trinajstić information content (AvgIpc) is 2.47. The predicted molar refractivity (Wildman–Crippen MR) is 88.6 cm³/mol. The van der Waals surface area contributed by atoms with Gasteiger partial charge in [0.05, 0.1) is 24.8 Å². The van der Waals surface area contributed by atoms with Gasteiger partial charge in [-0.1, -0.05) is 12.1 Å². The Kier molecular flexibility index (Phi) is 5.38. The van der Waals surface area contributed by atoms with Crippen LogP contribution in [0.25, 0.3) is 0 Å². The van der Waals surface area contributed by atoms with Crippen LogP contribution in [0.1, 0.15) is 32.4 Å². The number of hydrogen-bond acceptors (Lipinski definition) is 4. The maximum absolute atomic E-state index is 12.3. The minimum atomic E-state index is -0.354. The van der Waals surface area contributed by atoms with Gasteiger partial charge in [0, 0.05) is 5.70 Å². The second kappa shape index (κ2) is 7.26. The summed E-state index contributed by atoms with van der Waals surface area (Å²) >= 11 is 5.21. The highest BCUT2D eigenvalue weighted by molar-refractivity contribution is 7.80. The predicted octanol–water partition coefficient (Wildman–Crippen LogP) is 2.44. The van der Waals surface area contributed by atoms with Gasteiger partial charge in [0.1, 0.15) is 5.75 Å². The molecule has 2 rings (SSSR count). The summed E-state index contributed by atoms with van der Waals surface area (Å²) < 4.78 is 10.7. The molecule has 0 fully saturated rings. The minimum Gasteiger partial charge on any atom is -0.494 e. The van der Waals surface area contributed by atoms with Crippen molar-refractivity contribution in [2.24, 2.45) is 0 Å². The van der Waals surface area contributed by atoms with E-state index in [4.69, 9.17) is 21.7 Å². The molecule has 0 radical (unpaired) electrons. The van der Waals surface area contributed by atoms with Crippen molar-refractivity contribution in [1.82, 2.24) is 10.6 Å². The summed E-state index contributed by atoms with van der Waals surface area (Å²) in [5, 5.41) is 6.59. The lowest BCUT2D eigenvalue weighted by atomic mass is 9.95. The molecule has 1 atom stereocenters. The molecule has 1 aliphatic rings. The van der Waals surface area contributed by atoms with Crippen LogP contribution in [0, 0.1) is 0 Å². The molecule has 0 bridgehead atoms. The quantitative estimate of drug-likeness (QED) is 0.642. The van der Waals surface area contributed by atoms with Gasteiger partial charge in [-0.25, -0.2) is 4.79 Å². The van der Waals surface area contributed by atoms with E-state index in [0.29, 0.717) is 29.6 Å². The Morgan fingerprint density at radius 2 is 2.09 bits per heavy atom. The van der Waals surface area contributed by atoms with E-state index in [1.807, 2.05) is 38.1 Å². The standard InChI is InChI=1S/C16H20N2O3S/c1-4-20-12-8-6-7-11(9-12)14-13(15(19)21-5-2)10(3)17-16(22)18-14/h6-9,14H,4-5H2,1-3H3,(H2,17,18,22)/t14-/m1/s1. The van der Waals surface area contributed by atoms with Crippen molar-refractivity contribution in [2.75, 3.05) is 13.2 Å². The molecular weight excluding hydrogens is 300 g/mol. The van der Waals surface area contributed by atoms with Crippen LogP contribution in [0.4, 0.5) is 0 Å². The first-order valence-corrected chi connectivity index (χ1v) is 7.65. The summed E-state index contributed by atoms with van der Waals surface area (Å²) in [7, 11) is 0. The monoisotopic (exact) mass is 320 g/mol. The van der Waals surface area contributed by atoms with Crippen LogP contribution < -0.4 is 15.4 Å². The summed E-state index contributed by atoms with van der Waals surface area (Å²) in [6, 6.07) is 7.26. The van der Waals surface area contributed by atoms with Crippen molar-refractivity contribution < 1.29 is 14.3 Å². The van der Waals surface area contributed by atoms with Crippen LogP contribution in [0.3, 0.4) is 0 Å². The first-order valence-electron chi connectivity index (χ1n) is 7.25. The fourth-order valence-electron chi connectivity index (χ4n) is 2.37. The molecule has 0 spiro atoms. The number of nitrogens with one attached hydrogen (secondary N) is 2. The lowest BCUT2D eigenvalue weighted by molar-refractivity contribution is -0.139. The summed E-state index contributed by atoms with van der Waals surface area (Å²) in [6.07, 6.45) is 0. The van der Waals surface area contributed by atoms with E-state index in [-0.39, 0.29) is 12.0 Å². The van der Waals surface area contributed by atoms with Gasteiger partial charge in [-0.2, -0.15) is 0 Å². The van der Waals surface area contributed by atoms with E-state index in [1.165, 1.54) is 0 Å². The smallest absolute Gasteiger partial charge is 0.338 e. The van der Waals surface area contributed by atoms with Crippen molar-refractivity contribution >= 4 is 23.3 Å². The van der Waals surface area contributed by atoms with Gasteiger partial charge in [0.15, 0.2) is 5.11 Å². The lowest BCUT2D eigenvalue weighted by Crippen LogP contribution is -2.45. The molecule has 1 aliphatic heterocycles. The van der Waals surface area contributed by atoms with Crippen molar-refractivity contribution in [3.63, 3.8) is 0 Å². The number of allylic oxidation sites excluding steroid dienone is 1. The fourth-order valence-corrected chi connectivity index (χ4v) is 2.64. The van der Waals surface area contributed by atoms with E-state index in [0.717, 1.165) is 11.3 Å². The van der Waals surface area contributed by atoms with Crippen molar-refractivity contribution in [1.29, 1.82) is 0 Å². The highest BCUT2D eigenvalue weighted by atomic mass is 32.1. The first kappa shape index (κ1) is 16.3. The number of ether oxygens (including phenoxy) is 2. The fraction of sp³-hybridized carbons (Fsp3) is 0.375. The number of thiocarbonyl (C=S) groups is 1. The van der Waals surface area contributed by atoms with Crippen LogP contribution in [-0.4, -0.2) is 24.3 Å². The molecule has 6 heteroatoms. The van der Waals surface area contributed by atoms with Crippen LogP contribution in [0.2, 0.25) is 0 Å². The largest absolute Gasteiger partial charge is 0.494 e. The second-order valence-corrected chi connectivity index (χ2v) is 5.20. The molecule has 0 aliphatic carbocycles. The van der Waals surface area contributed by atoms with Gasteiger partial charge in [0.25, 0.3) is 0 Å². The number of carbonyl (C=O) groups is 1. The summed E-state index contributed by atoms with van der Waals surface area (Å²) in [5.41, 5.74) is 2.13. The van der Waals surface area contributed by atoms with Crippen LogP contribution in [-0.2, 0) is 9.53 Å². The third-order valence-corrected chi connectivity index (χ3v) is 3.49. The first-order chi connectivity index (χ1) is 10.6. The number of esters is 1. The molecule has 118 valence electrons. The Morgan fingerprint density at radius 3 is 2.77 bits per heavy atom. The molecule has 0 saturated heterocycles. The molecule has 22 heavy (non-hydrogen) atoms. The Balaban J connectivity index is 2.41. The molecule has 1 aromatic rings. The summed E-state index contributed by atoms with van der Waals surface area (Å²) in [5.74, 6) is 0.404. The molecule has 0 aromatic heterocycles. The molecule has 2 N–H and O–H groups in total. The van der Waals surface area contributed by atoms with E-state index >= 15 is 0 Å². The van der Waals surface area contributed by atoms with Gasteiger partial charge >= 0.3 is 5.97 Å². The molecule has 0 saturated carbocycles. The average molecular weight is 320 g/mol. The topological polar surface area (TPSA) is 59.6 Å². The lowest BCUT2D eigenvalue weighted by Gasteiger charge is -2.30. The van der Waals surface area contributed by atoms with Crippen LogP contribution >= 0.6 is 12.2 Å². The second-order valence-electron chi connectivity index (χ2n) is 4.80. The van der Waals surface area contributed by atoms with E-state index < -0.39 is 0 Å². The number of hydrogen-bond donors (Lipinski definition) is 2. The highest BCUT2D eigenvalue weighted by Gasteiger charge is 2.30. The molecule has 1 aromatic carbocycles. The van der Waals surface area contributed by atoms with Gasteiger partial charge in [-0.05, 0) is 50.7 Å². The van der Waals surface area contributed by atoms with E-state index in [1.54, 1.807) is 6.92 Å². The SMILES string of the molecule is CCOC(=O)C1=C(C)NC(=S)N[C@@H]1c1cccc(OCC)c1. The number of rotatable bonds is 5. The zero-order valence-electron chi connectivity index (χ0n) is 12.9. The Morgan fingerprint density at radius 1 is 1.32 bits per heavy atom. The minimum absolute atomic E-state index is 0.325. The van der Waals surface area contributed by atoms with Gasteiger partial charge in [-0.15, -0.1) is 0 Å². The van der Waals surface area contributed by atoms with Crippen molar-refractivity contribution in [3.05, 3.63) is 41.1 Å². The van der Waals surface area contributed by atoms with Gasteiger partial charge in [-0.3, -0.25) is 0 Å². The third kappa shape index (κ3) is 3.57. The van der Waals surface area contributed by atoms with Crippen LogP contribution in [0.5, 0.6) is 5.75 Å². The number of carbonyl (C=O) groups excluding carboxylic acids is 1. The third-order valence-electron chi connectivity index (χ3n) is 3.27. The zero-order valence-corrected chi connectivity index (χ0v) is 13.8. The Labute approximate surface area is 135 Å². The Hall–Kier alpha value is -2.08. The summed E-state index contributed by atoms with van der Waals surface area (Å²) in [4.78, 5) is 12.3. The zero-order chi connectivity index (χ0) is 16.1. The Bertz CT molecular complexity index is 613. The molecule has 0 unspecified atom stereocenters. The molecule has 5 nitrogen and oxygen atoms in total. The highest BCUT2D eigenvalue weighted by Crippen LogP contribution is 2.29. The molecular formula is C16H20N2O3S. The number of benzene rings is 1. The summed E-state index contributed by atoms with van der Waals surface area (Å²) in [6.45, 7) is 6.44. The van der Waals surface area contributed by atoms with Gasteiger partial charge in [0.2, 0.25) is 0 Å². The van der Waals surface area contributed by atoms with E-state index in [9.17, 15) is 4.79 Å².